The van der Waals surface area contributed by atoms with Crippen LogP contribution in [0, 0.1) is 27.7 Å². The summed E-state index contributed by atoms with van der Waals surface area (Å²) in [6.07, 6.45) is 0.838. The molecule has 0 bridgehead atoms. The minimum Gasteiger partial charge on any atom is -0.508 e. The van der Waals surface area contributed by atoms with Crippen LogP contribution in [0.25, 0.3) is 0 Å². The normalized spacial score (nSPS) is 11.0. The van der Waals surface area contributed by atoms with Crippen LogP contribution >= 0.6 is 0 Å². The smallest absolute Gasteiger partial charge is 0.150 e. The predicted molar refractivity (Wildman–Crippen MR) is 108 cm³/mol. The maximum Gasteiger partial charge on any atom is 0.150 e. The lowest BCUT2D eigenvalue weighted by Gasteiger charge is -2.24. The molecule has 0 heterocycles. The molecule has 0 aliphatic heterocycles. The molecular weight excluding hydrogens is 336 g/mol. The van der Waals surface area contributed by atoms with Crippen molar-refractivity contribution in [3.63, 3.8) is 0 Å². The number of phenols is 2. The van der Waals surface area contributed by atoms with Crippen molar-refractivity contribution in [2.75, 3.05) is 0 Å². The molecule has 0 spiro atoms. The SMILES string of the molecule is Cc1cc(C(c2ccc(C=O)cc2)c2cc(C)c(O)cc2C)c(C)cc1O. The van der Waals surface area contributed by atoms with E-state index in [0.717, 1.165) is 45.2 Å². The van der Waals surface area contributed by atoms with Crippen molar-refractivity contribution in [1.29, 1.82) is 0 Å². The second-order valence-corrected chi connectivity index (χ2v) is 7.21. The van der Waals surface area contributed by atoms with Crippen LogP contribution in [0.15, 0.2) is 48.5 Å². The number of hydrogen-bond donors (Lipinski definition) is 2. The summed E-state index contributed by atoms with van der Waals surface area (Å²) in [7, 11) is 0. The number of aldehydes is 1. The standard InChI is InChI=1S/C24H24O3/c1-14-11-22(26)16(3)9-20(14)24(19-7-5-18(13-25)6-8-19)21-10-17(4)23(27)12-15(21)2/h5-13,24,26-27H,1-4H3. The van der Waals surface area contributed by atoms with E-state index >= 15 is 0 Å². The zero-order chi connectivity index (χ0) is 19.7. The molecule has 0 fully saturated rings. The van der Waals surface area contributed by atoms with Gasteiger partial charge in [0.25, 0.3) is 0 Å². The maximum absolute atomic E-state index is 11.0. The molecule has 138 valence electrons. The first-order valence-electron chi connectivity index (χ1n) is 8.97. The lowest BCUT2D eigenvalue weighted by atomic mass is 9.80. The van der Waals surface area contributed by atoms with Crippen LogP contribution in [0.3, 0.4) is 0 Å². The summed E-state index contributed by atoms with van der Waals surface area (Å²) >= 11 is 0. The van der Waals surface area contributed by atoms with E-state index in [9.17, 15) is 15.0 Å². The van der Waals surface area contributed by atoms with Crippen LogP contribution in [0.2, 0.25) is 0 Å². The third kappa shape index (κ3) is 3.59. The first-order valence-corrected chi connectivity index (χ1v) is 8.97. The van der Waals surface area contributed by atoms with Crippen LogP contribution in [-0.2, 0) is 0 Å². The molecule has 0 atom stereocenters. The van der Waals surface area contributed by atoms with E-state index in [2.05, 4.69) is 0 Å². The molecule has 27 heavy (non-hydrogen) atoms. The zero-order valence-corrected chi connectivity index (χ0v) is 16.1. The van der Waals surface area contributed by atoms with Gasteiger partial charge in [0.2, 0.25) is 0 Å². The average molecular weight is 360 g/mol. The fourth-order valence-electron chi connectivity index (χ4n) is 3.56. The van der Waals surface area contributed by atoms with Gasteiger partial charge < -0.3 is 10.2 Å². The highest BCUT2D eigenvalue weighted by Gasteiger charge is 2.22. The number of aromatic hydroxyl groups is 2. The number of phenolic OH excluding ortho intramolecular Hbond substituents is 2. The molecule has 0 aliphatic carbocycles. The van der Waals surface area contributed by atoms with Crippen LogP contribution in [0.5, 0.6) is 11.5 Å². The summed E-state index contributed by atoms with van der Waals surface area (Å²) in [5.74, 6) is 0.499. The van der Waals surface area contributed by atoms with Gasteiger partial charge in [-0.05, 0) is 78.8 Å². The molecule has 0 saturated carbocycles. The summed E-state index contributed by atoms with van der Waals surface area (Å²) in [6, 6.07) is 15.2. The molecule has 0 amide bonds. The number of hydrogen-bond acceptors (Lipinski definition) is 3. The number of rotatable bonds is 4. The maximum atomic E-state index is 11.0. The quantitative estimate of drug-likeness (QED) is 0.489. The van der Waals surface area contributed by atoms with Crippen LogP contribution in [-0.4, -0.2) is 16.5 Å². The lowest BCUT2D eigenvalue weighted by molar-refractivity contribution is 0.112. The second-order valence-electron chi connectivity index (χ2n) is 7.21. The van der Waals surface area contributed by atoms with Crippen molar-refractivity contribution in [2.24, 2.45) is 0 Å². The van der Waals surface area contributed by atoms with Gasteiger partial charge in [-0.2, -0.15) is 0 Å². The van der Waals surface area contributed by atoms with Gasteiger partial charge in [-0.1, -0.05) is 36.4 Å². The number of benzene rings is 3. The minimum absolute atomic E-state index is 0.0655. The number of carbonyl (C=O) groups is 1. The molecule has 3 rings (SSSR count). The van der Waals surface area contributed by atoms with E-state index in [1.54, 1.807) is 12.1 Å². The first kappa shape index (κ1) is 18.7. The van der Waals surface area contributed by atoms with E-state index in [1.165, 1.54) is 0 Å². The molecular formula is C24H24O3. The second kappa shape index (κ2) is 7.28. The highest BCUT2D eigenvalue weighted by molar-refractivity contribution is 5.74. The zero-order valence-electron chi connectivity index (χ0n) is 16.1. The summed E-state index contributed by atoms with van der Waals surface area (Å²) in [6.45, 7) is 7.76. The van der Waals surface area contributed by atoms with Crippen LogP contribution in [0.1, 0.15) is 55.2 Å². The Hall–Kier alpha value is -3.07. The first-order chi connectivity index (χ1) is 12.8. The average Bonchev–Trinajstić information content (AvgIpc) is 2.64. The van der Waals surface area contributed by atoms with E-state index in [4.69, 9.17) is 0 Å². The largest absolute Gasteiger partial charge is 0.508 e. The summed E-state index contributed by atoms with van der Waals surface area (Å²) in [5, 5.41) is 20.2. The summed E-state index contributed by atoms with van der Waals surface area (Å²) in [5.41, 5.74) is 7.50. The van der Waals surface area contributed by atoms with Crippen molar-refractivity contribution >= 4 is 6.29 Å². The van der Waals surface area contributed by atoms with Gasteiger partial charge in [0.05, 0.1) is 0 Å². The molecule has 3 aromatic rings. The van der Waals surface area contributed by atoms with Crippen molar-refractivity contribution in [3.8, 4) is 11.5 Å². The Morgan fingerprint density at radius 1 is 0.704 bits per heavy atom. The van der Waals surface area contributed by atoms with Gasteiger partial charge >= 0.3 is 0 Å². The van der Waals surface area contributed by atoms with Crippen LogP contribution in [0.4, 0.5) is 0 Å². The molecule has 0 aromatic heterocycles. The Kier molecular flexibility index (Phi) is 5.04. The molecule has 3 heteroatoms. The Balaban J connectivity index is 2.28. The molecule has 0 unspecified atom stereocenters. The molecule has 0 saturated heterocycles. The highest BCUT2D eigenvalue weighted by Crippen LogP contribution is 2.39. The number of carbonyl (C=O) groups excluding carboxylic acids is 1. The van der Waals surface area contributed by atoms with E-state index in [-0.39, 0.29) is 17.4 Å². The molecule has 3 aromatic carbocycles. The fourth-order valence-corrected chi connectivity index (χ4v) is 3.56. The third-order valence-corrected chi connectivity index (χ3v) is 5.20. The van der Waals surface area contributed by atoms with E-state index in [0.29, 0.717) is 5.56 Å². The monoisotopic (exact) mass is 360 g/mol. The summed E-state index contributed by atoms with van der Waals surface area (Å²) < 4.78 is 0. The minimum atomic E-state index is -0.0655. The highest BCUT2D eigenvalue weighted by atomic mass is 16.3. The Bertz CT molecular complexity index is 944. The van der Waals surface area contributed by atoms with E-state index in [1.807, 2.05) is 64.1 Å². The van der Waals surface area contributed by atoms with Crippen molar-refractivity contribution < 1.29 is 15.0 Å². The van der Waals surface area contributed by atoms with Gasteiger partial charge in [-0.25, -0.2) is 0 Å². The molecule has 0 radical (unpaired) electrons. The van der Waals surface area contributed by atoms with Gasteiger partial charge in [-0.15, -0.1) is 0 Å². The van der Waals surface area contributed by atoms with E-state index < -0.39 is 0 Å². The lowest BCUT2D eigenvalue weighted by Crippen LogP contribution is -2.08. The van der Waals surface area contributed by atoms with Crippen LogP contribution < -0.4 is 0 Å². The molecule has 3 nitrogen and oxygen atoms in total. The number of aryl methyl sites for hydroxylation is 4. The molecule has 0 aliphatic rings. The Morgan fingerprint density at radius 2 is 1.15 bits per heavy atom. The third-order valence-electron chi connectivity index (χ3n) is 5.20. The van der Waals surface area contributed by atoms with Crippen molar-refractivity contribution in [1.82, 2.24) is 0 Å². The summed E-state index contributed by atoms with van der Waals surface area (Å²) in [4.78, 5) is 11.0. The Labute approximate surface area is 159 Å². The van der Waals surface area contributed by atoms with Crippen molar-refractivity contribution in [2.45, 2.75) is 33.6 Å². The van der Waals surface area contributed by atoms with Crippen molar-refractivity contribution in [3.05, 3.63) is 93.0 Å². The molecule has 2 N–H and O–H groups in total. The fraction of sp³-hybridized carbons (Fsp3) is 0.208. The van der Waals surface area contributed by atoms with Gasteiger partial charge in [0.15, 0.2) is 0 Å². The topological polar surface area (TPSA) is 57.5 Å². The Morgan fingerprint density at radius 3 is 1.56 bits per heavy atom. The van der Waals surface area contributed by atoms with Gasteiger partial charge in [0, 0.05) is 11.5 Å². The predicted octanol–water partition coefficient (Wildman–Crippen LogP) is 5.32. The van der Waals surface area contributed by atoms with Gasteiger partial charge in [-0.3, -0.25) is 4.79 Å². The van der Waals surface area contributed by atoms with Gasteiger partial charge in [0.1, 0.15) is 17.8 Å².